The number of rotatable bonds is 5. The van der Waals surface area contributed by atoms with Gasteiger partial charge < -0.3 is 14.6 Å². The fraction of sp³-hybridized carbons (Fsp3) is 0.500. The molecule has 0 unspecified atom stereocenters. The standard InChI is InChI=1S/C18H23N5O2/c1-11-17(12(2)23(4)21-11)18-13(7-16(24)22(18)3)9-20-10-15-6-5-14(8-19)25-15/h5-6,13,18,20H,7,9-10H2,1-4H3/t13-,18+/m0/s1. The van der Waals surface area contributed by atoms with Gasteiger partial charge >= 0.3 is 0 Å². The van der Waals surface area contributed by atoms with Crippen LogP contribution in [0.1, 0.15) is 40.9 Å². The summed E-state index contributed by atoms with van der Waals surface area (Å²) in [6.07, 6.45) is 0.517. The number of aromatic nitrogens is 2. The van der Waals surface area contributed by atoms with Crippen LogP contribution < -0.4 is 5.32 Å². The van der Waals surface area contributed by atoms with E-state index in [9.17, 15) is 4.79 Å². The monoisotopic (exact) mass is 341 g/mol. The van der Waals surface area contributed by atoms with Gasteiger partial charge in [-0.3, -0.25) is 9.48 Å². The molecule has 3 rings (SSSR count). The van der Waals surface area contributed by atoms with Crippen LogP contribution in [-0.4, -0.2) is 34.2 Å². The summed E-state index contributed by atoms with van der Waals surface area (Å²) in [5, 5.41) is 16.7. The van der Waals surface area contributed by atoms with Gasteiger partial charge in [-0.05, 0) is 26.0 Å². The zero-order chi connectivity index (χ0) is 18.1. The van der Waals surface area contributed by atoms with E-state index in [1.165, 1.54) is 0 Å². The van der Waals surface area contributed by atoms with Crippen molar-refractivity contribution in [3.8, 4) is 6.07 Å². The average Bonchev–Trinajstić information content (AvgIpc) is 3.21. The lowest BCUT2D eigenvalue weighted by Gasteiger charge is -2.26. The summed E-state index contributed by atoms with van der Waals surface area (Å²) in [4.78, 5) is 14.1. The van der Waals surface area contributed by atoms with E-state index >= 15 is 0 Å². The Labute approximate surface area is 147 Å². The quantitative estimate of drug-likeness (QED) is 0.896. The summed E-state index contributed by atoms with van der Waals surface area (Å²) in [6.45, 7) is 5.27. The lowest BCUT2D eigenvalue weighted by Crippen LogP contribution is -2.29. The van der Waals surface area contributed by atoms with E-state index in [2.05, 4.69) is 10.4 Å². The molecule has 1 aliphatic rings. The predicted octanol–water partition coefficient (Wildman–Crippen LogP) is 1.81. The van der Waals surface area contributed by atoms with Crippen molar-refractivity contribution in [2.24, 2.45) is 13.0 Å². The maximum atomic E-state index is 12.3. The van der Waals surface area contributed by atoms with Crippen LogP contribution in [0.15, 0.2) is 16.5 Å². The second-order valence-corrected chi connectivity index (χ2v) is 6.63. The fourth-order valence-corrected chi connectivity index (χ4v) is 3.70. The molecule has 1 saturated heterocycles. The Balaban J connectivity index is 1.73. The molecule has 7 heteroatoms. The van der Waals surface area contributed by atoms with E-state index in [-0.39, 0.29) is 17.9 Å². The summed E-state index contributed by atoms with van der Waals surface area (Å²) >= 11 is 0. The number of likely N-dealkylation sites (tertiary alicyclic amines) is 1. The number of hydrogen-bond donors (Lipinski definition) is 1. The summed E-state index contributed by atoms with van der Waals surface area (Å²) in [7, 11) is 3.80. The van der Waals surface area contributed by atoms with E-state index < -0.39 is 0 Å². The molecule has 7 nitrogen and oxygen atoms in total. The van der Waals surface area contributed by atoms with Crippen molar-refractivity contribution in [2.75, 3.05) is 13.6 Å². The van der Waals surface area contributed by atoms with Crippen molar-refractivity contribution in [3.05, 3.63) is 40.6 Å². The minimum atomic E-state index is 0.0278. The van der Waals surface area contributed by atoms with E-state index in [0.29, 0.717) is 25.3 Å². The first-order valence-corrected chi connectivity index (χ1v) is 8.37. The SMILES string of the molecule is Cc1nn(C)c(C)c1[C@H]1[C@H](CNCc2ccc(C#N)o2)CC(=O)N1C. The molecular weight excluding hydrogens is 318 g/mol. The van der Waals surface area contributed by atoms with Gasteiger partial charge in [0, 0.05) is 44.2 Å². The molecule has 2 aromatic rings. The van der Waals surface area contributed by atoms with Crippen LogP contribution in [0.2, 0.25) is 0 Å². The van der Waals surface area contributed by atoms with Gasteiger partial charge in [-0.25, -0.2) is 0 Å². The second kappa shape index (κ2) is 6.73. The number of nitriles is 1. The highest BCUT2D eigenvalue weighted by Crippen LogP contribution is 2.39. The van der Waals surface area contributed by atoms with Gasteiger partial charge in [0.2, 0.25) is 11.7 Å². The Morgan fingerprint density at radius 1 is 1.40 bits per heavy atom. The summed E-state index contributed by atoms with van der Waals surface area (Å²) in [5.41, 5.74) is 3.22. The van der Waals surface area contributed by atoms with Crippen LogP contribution in [0, 0.1) is 31.1 Å². The maximum absolute atomic E-state index is 12.3. The van der Waals surface area contributed by atoms with Gasteiger partial charge in [-0.1, -0.05) is 0 Å². The highest BCUT2D eigenvalue weighted by atomic mass is 16.3. The first-order valence-electron chi connectivity index (χ1n) is 8.37. The molecular formula is C18H23N5O2. The van der Waals surface area contributed by atoms with Crippen molar-refractivity contribution < 1.29 is 9.21 Å². The molecule has 2 atom stereocenters. The molecule has 1 N–H and O–H groups in total. The first kappa shape index (κ1) is 17.2. The minimum absolute atomic E-state index is 0.0278. The Bertz CT molecular complexity index is 829. The van der Waals surface area contributed by atoms with E-state index in [1.807, 2.05) is 43.6 Å². The number of nitrogens with one attached hydrogen (secondary N) is 1. The Morgan fingerprint density at radius 3 is 2.76 bits per heavy atom. The Hall–Kier alpha value is -2.59. The van der Waals surface area contributed by atoms with Gasteiger partial charge in [0.25, 0.3) is 0 Å². The molecule has 0 spiro atoms. The van der Waals surface area contributed by atoms with Gasteiger partial charge in [0.05, 0.1) is 18.3 Å². The van der Waals surface area contributed by atoms with Crippen LogP contribution in [0.5, 0.6) is 0 Å². The zero-order valence-corrected chi connectivity index (χ0v) is 15.0. The Morgan fingerprint density at radius 2 is 2.16 bits per heavy atom. The molecule has 0 aliphatic carbocycles. The molecule has 1 fully saturated rings. The van der Waals surface area contributed by atoms with Crippen molar-refractivity contribution >= 4 is 5.91 Å². The van der Waals surface area contributed by atoms with Gasteiger partial charge in [-0.2, -0.15) is 10.4 Å². The molecule has 0 saturated carbocycles. The number of furan rings is 1. The first-order chi connectivity index (χ1) is 11.9. The number of aryl methyl sites for hydroxylation is 2. The molecule has 1 amide bonds. The zero-order valence-electron chi connectivity index (χ0n) is 15.0. The highest BCUT2D eigenvalue weighted by Gasteiger charge is 2.40. The normalized spacial score (nSPS) is 20.3. The number of carbonyl (C=O) groups excluding carboxylic acids is 1. The third-order valence-electron chi connectivity index (χ3n) is 5.03. The molecule has 0 bridgehead atoms. The van der Waals surface area contributed by atoms with Crippen molar-refractivity contribution in [1.82, 2.24) is 20.0 Å². The van der Waals surface area contributed by atoms with Crippen LogP contribution in [0.25, 0.3) is 0 Å². The van der Waals surface area contributed by atoms with Crippen LogP contribution in [0.4, 0.5) is 0 Å². The molecule has 132 valence electrons. The summed E-state index contributed by atoms with van der Waals surface area (Å²) in [6, 6.07) is 5.46. The molecule has 0 aromatic carbocycles. The van der Waals surface area contributed by atoms with E-state index in [1.54, 1.807) is 12.1 Å². The smallest absolute Gasteiger partial charge is 0.223 e. The summed E-state index contributed by atoms with van der Waals surface area (Å²) < 4.78 is 7.25. The van der Waals surface area contributed by atoms with Crippen molar-refractivity contribution in [1.29, 1.82) is 5.26 Å². The Kier molecular flexibility index (Phi) is 4.64. The third-order valence-corrected chi connectivity index (χ3v) is 5.03. The number of amides is 1. The molecule has 2 aromatic heterocycles. The number of carbonyl (C=O) groups is 1. The van der Waals surface area contributed by atoms with E-state index in [0.717, 1.165) is 22.7 Å². The number of nitrogens with zero attached hydrogens (tertiary/aromatic N) is 4. The molecule has 1 aliphatic heterocycles. The average molecular weight is 341 g/mol. The summed E-state index contributed by atoms with van der Waals surface area (Å²) in [5.74, 6) is 1.36. The molecule has 3 heterocycles. The van der Waals surface area contributed by atoms with Crippen molar-refractivity contribution in [2.45, 2.75) is 32.9 Å². The van der Waals surface area contributed by atoms with Crippen LogP contribution >= 0.6 is 0 Å². The second-order valence-electron chi connectivity index (χ2n) is 6.63. The van der Waals surface area contributed by atoms with Gasteiger partial charge in [0.15, 0.2) is 0 Å². The fourth-order valence-electron chi connectivity index (χ4n) is 3.70. The number of hydrogen-bond acceptors (Lipinski definition) is 5. The van der Waals surface area contributed by atoms with Gasteiger partial charge in [0.1, 0.15) is 11.8 Å². The lowest BCUT2D eigenvalue weighted by atomic mass is 9.92. The van der Waals surface area contributed by atoms with Gasteiger partial charge in [-0.15, -0.1) is 0 Å². The topological polar surface area (TPSA) is 87.1 Å². The minimum Gasteiger partial charge on any atom is -0.449 e. The lowest BCUT2D eigenvalue weighted by molar-refractivity contribution is -0.127. The third kappa shape index (κ3) is 3.17. The highest BCUT2D eigenvalue weighted by molar-refractivity contribution is 5.79. The maximum Gasteiger partial charge on any atom is 0.223 e. The molecule has 25 heavy (non-hydrogen) atoms. The molecule has 0 radical (unpaired) electrons. The predicted molar refractivity (Wildman–Crippen MR) is 91.4 cm³/mol. The van der Waals surface area contributed by atoms with Crippen LogP contribution in [-0.2, 0) is 18.4 Å². The van der Waals surface area contributed by atoms with E-state index in [4.69, 9.17) is 9.68 Å². The van der Waals surface area contributed by atoms with Crippen molar-refractivity contribution in [3.63, 3.8) is 0 Å². The largest absolute Gasteiger partial charge is 0.449 e. The van der Waals surface area contributed by atoms with Crippen LogP contribution in [0.3, 0.4) is 0 Å².